The highest BCUT2D eigenvalue weighted by molar-refractivity contribution is 6.25. The molecule has 2 aromatic heterocycles. The second-order valence-corrected chi connectivity index (χ2v) is 16.5. The van der Waals surface area contributed by atoms with E-state index in [1.807, 2.05) is 6.07 Å². The molecule has 22 nitrogen and oxygen atoms in total. The van der Waals surface area contributed by atoms with Gasteiger partial charge in [-0.15, -0.1) is 0 Å². The number of benzene rings is 3. The molecule has 5 heterocycles. The zero-order valence-electron chi connectivity index (χ0n) is 39.1. The molecule has 7 amide bonds. The summed E-state index contributed by atoms with van der Waals surface area (Å²) in [6.07, 6.45) is 2.39. The fraction of sp³-hybridized carbons (Fsp3) is 0.354. The topological polar surface area (TPSA) is 268 Å². The lowest BCUT2D eigenvalue weighted by molar-refractivity contribution is -0.136. The quantitative estimate of drug-likeness (QED) is 0.0429. The number of halogens is 1. The van der Waals surface area contributed by atoms with Crippen LogP contribution < -0.4 is 36.2 Å². The molecule has 0 saturated carbocycles. The van der Waals surface area contributed by atoms with Crippen molar-refractivity contribution in [1.82, 2.24) is 35.4 Å². The van der Waals surface area contributed by atoms with Crippen molar-refractivity contribution in [1.29, 1.82) is 0 Å². The molecule has 1 atom stereocenters. The van der Waals surface area contributed by atoms with Crippen molar-refractivity contribution in [3.05, 3.63) is 88.9 Å². The van der Waals surface area contributed by atoms with E-state index < -0.39 is 41.4 Å². The molecule has 5 aromatic rings. The summed E-state index contributed by atoms with van der Waals surface area (Å²) in [5, 5.41) is 14.6. The first kappa shape index (κ1) is 49.4. The van der Waals surface area contributed by atoms with Gasteiger partial charge in [0.1, 0.15) is 29.1 Å². The van der Waals surface area contributed by atoms with Crippen LogP contribution in [0.4, 0.5) is 38.9 Å². The minimum atomic E-state index is -1.05. The average molecular weight is 978 g/mol. The molecule has 3 aliphatic heterocycles. The predicted molar refractivity (Wildman–Crippen MR) is 256 cm³/mol. The minimum Gasteiger partial charge on any atom is -0.495 e. The molecular formula is C48H52FN11O11. The number of carbonyl (C=O) groups is 7. The fourth-order valence-electron chi connectivity index (χ4n) is 8.45. The van der Waals surface area contributed by atoms with Crippen LogP contribution in [0.3, 0.4) is 0 Å². The van der Waals surface area contributed by atoms with E-state index in [0.29, 0.717) is 59.2 Å². The molecule has 23 heteroatoms. The Hall–Kier alpha value is -8.02. The molecule has 372 valence electrons. The largest absolute Gasteiger partial charge is 0.495 e. The molecule has 0 bridgehead atoms. The number of likely N-dealkylation sites (N-methyl/N-ethyl adjacent to an activating group) is 1. The number of aromatic nitrogens is 3. The van der Waals surface area contributed by atoms with Crippen LogP contribution in [-0.2, 0) is 39.8 Å². The van der Waals surface area contributed by atoms with Gasteiger partial charge in [0.2, 0.25) is 29.6 Å². The summed E-state index contributed by atoms with van der Waals surface area (Å²) in [5.41, 5.74) is 3.22. The molecule has 1 saturated heterocycles. The third-order valence-corrected chi connectivity index (χ3v) is 12.0. The summed E-state index contributed by atoms with van der Waals surface area (Å²) in [5.74, 6) is -3.26. The maximum absolute atomic E-state index is 14.8. The maximum Gasteiger partial charge on any atom is 0.264 e. The van der Waals surface area contributed by atoms with E-state index in [1.165, 1.54) is 37.3 Å². The van der Waals surface area contributed by atoms with Crippen molar-refractivity contribution in [2.45, 2.75) is 31.7 Å². The van der Waals surface area contributed by atoms with Crippen LogP contribution in [0.1, 0.15) is 55.9 Å². The first-order valence-electron chi connectivity index (χ1n) is 22.8. The Kier molecular flexibility index (Phi) is 15.4. The molecule has 6 N–H and O–H groups in total. The van der Waals surface area contributed by atoms with Gasteiger partial charge in [-0.05, 0) is 60.9 Å². The van der Waals surface area contributed by atoms with E-state index in [1.54, 1.807) is 48.5 Å². The number of rotatable bonds is 22. The third kappa shape index (κ3) is 10.9. The maximum atomic E-state index is 14.8. The van der Waals surface area contributed by atoms with Gasteiger partial charge < -0.3 is 55.0 Å². The number of imide groups is 2. The molecule has 0 spiro atoms. The number of aromatic amines is 1. The number of anilines is 6. The van der Waals surface area contributed by atoms with Crippen molar-refractivity contribution in [2.24, 2.45) is 0 Å². The number of carbonyl (C=O) groups excluding carboxylic acids is 7. The number of H-pyrrole nitrogens is 1. The summed E-state index contributed by atoms with van der Waals surface area (Å²) < 4.78 is 37.3. The van der Waals surface area contributed by atoms with E-state index in [4.69, 9.17) is 18.9 Å². The molecule has 8 rings (SSSR count). The van der Waals surface area contributed by atoms with Crippen LogP contribution in [0, 0.1) is 5.82 Å². The third-order valence-electron chi connectivity index (χ3n) is 12.0. The molecule has 3 aromatic carbocycles. The van der Waals surface area contributed by atoms with Gasteiger partial charge in [-0.2, -0.15) is 9.97 Å². The average Bonchev–Trinajstić information content (AvgIpc) is 4.07. The van der Waals surface area contributed by atoms with Gasteiger partial charge in [0.15, 0.2) is 0 Å². The first-order chi connectivity index (χ1) is 34.4. The normalized spacial score (nSPS) is 15.1. The van der Waals surface area contributed by atoms with E-state index >= 15 is 0 Å². The van der Waals surface area contributed by atoms with Crippen LogP contribution >= 0.6 is 0 Å². The Labute approximate surface area is 405 Å². The van der Waals surface area contributed by atoms with Gasteiger partial charge in [-0.3, -0.25) is 43.8 Å². The standard InChI is InChI=1S/C48H52FN11O11/c1-50-45(65)41-30(49)7-5-9-32(41)53-43-29-12-15-52-42(29)56-48(57-43)54-33-25-35-27(24-36(33)68-3)13-17-59(35)39(63)26-58(2)38(62)14-18-69-20-22-71-23-21-70-19-16-51-31-8-4-6-28-40(31)47(67)60(46(28)66)34-10-11-37(61)55-44(34)64/h4-9,12,15,24-25,34,51H,10-11,13-14,16-23,26H2,1-3H3,(H,50,65)(H,55,61,64)(H3,52,53,54,56,57). The van der Waals surface area contributed by atoms with E-state index in [-0.39, 0.29) is 106 Å². The number of ether oxygens (including phenoxy) is 4. The summed E-state index contributed by atoms with van der Waals surface area (Å²) in [4.78, 5) is 106. The van der Waals surface area contributed by atoms with Crippen molar-refractivity contribution in [3.8, 4) is 5.75 Å². The number of methoxy groups -OCH3 is 1. The van der Waals surface area contributed by atoms with Crippen LogP contribution in [0.15, 0.2) is 60.8 Å². The van der Waals surface area contributed by atoms with Gasteiger partial charge in [0, 0.05) is 51.2 Å². The Bertz CT molecular complexity index is 2890. The molecule has 0 radical (unpaired) electrons. The van der Waals surface area contributed by atoms with E-state index in [9.17, 15) is 38.0 Å². The summed E-state index contributed by atoms with van der Waals surface area (Å²) in [7, 11) is 4.49. The van der Waals surface area contributed by atoms with Crippen LogP contribution in [0.5, 0.6) is 5.75 Å². The molecule has 1 unspecified atom stereocenters. The number of hydrogen-bond acceptors (Lipinski definition) is 16. The van der Waals surface area contributed by atoms with Crippen LogP contribution in [0.2, 0.25) is 0 Å². The number of fused-ring (bicyclic) bond motifs is 3. The number of amides is 7. The summed E-state index contributed by atoms with van der Waals surface area (Å²) in [6, 6.07) is 13.4. The highest BCUT2D eigenvalue weighted by Crippen LogP contribution is 2.39. The summed E-state index contributed by atoms with van der Waals surface area (Å²) in [6.45, 7) is 1.99. The lowest BCUT2D eigenvalue weighted by Crippen LogP contribution is -2.54. The highest BCUT2D eigenvalue weighted by atomic mass is 19.1. The number of hydrogen-bond donors (Lipinski definition) is 6. The Morgan fingerprint density at radius 3 is 2.38 bits per heavy atom. The first-order valence-corrected chi connectivity index (χ1v) is 22.8. The molecule has 71 heavy (non-hydrogen) atoms. The Balaban J connectivity index is 0.747. The molecular weight excluding hydrogens is 926 g/mol. The minimum absolute atomic E-state index is 0.0348. The van der Waals surface area contributed by atoms with Gasteiger partial charge in [0.05, 0.1) is 93.2 Å². The van der Waals surface area contributed by atoms with Gasteiger partial charge in [-0.25, -0.2) is 4.39 Å². The van der Waals surface area contributed by atoms with Gasteiger partial charge in [0.25, 0.3) is 17.7 Å². The molecule has 0 aliphatic carbocycles. The second-order valence-electron chi connectivity index (χ2n) is 16.5. The van der Waals surface area contributed by atoms with Crippen LogP contribution in [-0.4, -0.2) is 153 Å². The fourth-order valence-corrected chi connectivity index (χ4v) is 8.45. The Morgan fingerprint density at radius 1 is 0.873 bits per heavy atom. The smallest absolute Gasteiger partial charge is 0.264 e. The van der Waals surface area contributed by atoms with Gasteiger partial charge >= 0.3 is 0 Å². The van der Waals surface area contributed by atoms with Crippen molar-refractivity contribution >= 4 is 86.9 Å². The predicted octanol–water partition coefficient (Wildman–Crippen LogP) is 3.25. The van der Waals surface area contributed by atoms with Crippen molar-refractivity contribution in [3.63, 3.8) is 0 Å². The van der Waals surface area contributed by atoms with Crippen molar-refractivity contribution < 1.29 is 56.9 Å². The summed E-state index contributed by atoms with van der Waals surface area (Å²) >= 11 is 0. The lowest BCUT2D eigenvalue weighted by Gasteiger charge is -2.27. The number of nitrogens with one attached hydrogen (secondary N) is 6. The zero-order chi connectivity index (χ0) is 50.2. The molecule has 1 fully saturated rings. The highest BCUT2D eigenvalue weighted by Gasteiger charge is 2.45. The lowest BCUT2D eigenvalue weighted by atomic mass is 10.0. The Morgan fingerprint density at radius 2 is 1.62 bits per heavy atom. The zero-order valence-corrected chi connectivity index (χ0v) is 39.1. The number of nitrogens with zero attached hydrogens (tertiary/aromatic N) is 5. The van der Waals surface area contributed by atoms with Crippen LogP contribution in [0.25, 0.3) is 11.0 Å². The second kappa shape index (κ2) is 22.2. The van der Waals surface area contributed by atoms with E-state index in [2.05, 4.69) is 41.5 Å². The van der Waals surface area contributed by atoms with E-state index in [0.717, 1.165) is 10.5 Å². The molecule has 3 aliphatic rings. The van der Waals surface area contributed by atoms with Crippen molar-refractivity contribution in [2.75, 3.05) is 101 Å². The number of piperidine rings is 1. The SMILES string of the molecule is CNC(=O)c1c(F)cccc1Nc1nc(Nc2cc3c(cc2OC)CCN3C(=O)CN(C)C(=O)CCOCCOCCOCCNc2cccc3c2C(=O)N(C2CCC(=O)NC2=O)C3=O)nc2[nH]ccc12. The van der Waals surface area contributed by atoms with Gasteiger partial charge in [-0.1, -0.05) is 12.1 Å². The monoisotopic (exact) mass is 977 g/mol.